The van der Waals surface area contributed by atoms with Gasteiger partial charge in [0.15, 0.2) is 0 Å². The molecule has 3 N–H and O–H groups in total. The summed E-state index contributed by atoms with van der Waals surface area (Å²) in [6.45, 7) is 0. The van der Waals surface area contributed by atoms with E-state index < -0.39 is 11.7 Å². The first kappa shape index (κ1) is 13.5. The van der Waals surface area contributed by atoms with Gasteiger partial charge in [-0.3, -0.25) is 16.3 Å². The number of alkyl halides is 3. The number of terminal acetylenes is 1. The molecule has 0 amide bonds. The molecule has 0 bridgehead atoms. The maximum atomic E-state index is 12.3. The van der Waals surface area contributed by atoms with Crippen LogP contribution in [0.2, 0.25) is 0 Å². The molecular formula is C11H12F3N3. The van der Waals surface area contributed by atoms with E-state index in [0.29, 0.717) is 18.5 Å². The number of hydrogen-bond donors (Lipinski definition) is 2. The summed E-state index contributed by atoms with van der Waals surface area (Å²) in [4.78, 5) is 3.74. The first-order valence-corrected chi connectivity index (χ1v) is 4.91. The maximum Gasteiger partial charge on any atom is 0.417 e. The zero-order valence-electron chi connectivity index (χ0n) is 8.96. The van der Waals surface area contributed by atoms with Crippen LogP contribution in [-0.2, 0) is 6.18 Å². The van der Waals surface area contributed by atoms with Crippen molar-refractivity contribution in [2.45, 2.75) is 25.1 Å². The second kappa shape index (κ2) is 5.66. The van der Waals surface area contributed by atoms with Crippen LogP contribution >= 0.6 is 0 Å². The van der Waals surface area contributed by atoms with Gasteiger partial charge < -0.3 is 0 Å². The molecule has 0 aliphatic carbocycles. The Morgan fingerprint density at radius 2 is 2.18 bits per heavy atom. The van der Waals surface area contributed by atoms with Crippen molar-refractivity contribution in [3.8, 4) is 12.3 Å². The van der Waals surface area contributed by atoms with E-state index in [1.807, 2.05) is 0 Å². The van der Waals surface area contributed by atoms with Crippen molar-refractivity contribution in [2.24, 2.45) is 5.84 Å². The number of nitrogens with zero attached hydrogens (tertiary/aromatic N) is 1. The molecule has 1 aromatic heterocycles. The Kier molecular flexibility index (Phi) is 4.49. The Balaban J connectivity index is 2.82. The van der Waals surface area contributed by atoms with Crippen molar-refractivity contribution in [2.75, 3.05) is 0 Å². The molecule has 0 saturated heterocycles. The largest absolute Gasteiger partial charge is 0.417 e. The fourth-order valence-electron chi connectivity index (χ4n) is 1.32. The van der Waals surface area contributed by atoms with Crippen molar-refractivity contribution >= 4 is 0 Å². The lowest BCUT2D eigenvalue weighted by Crippen LogP contribution is -2.28. The Labute approximate surface area is 97.2 Å². The predicted octanol–water partition coefficient (Wildman–Crippen LogP) is 2.02. The van der Waals surface area contributed by atoms with Gasteiger partial charge in [0.2, 0.25) is 0 Å². The highest BCUT2D eigenvalue weighted by atomic mass is 19.4. The van der Waals surface area contributed by atoms with Gasteiger partial charge in [-0.05, 0) is 18.6 Å². The van der Waals surface area contributed by atoms with Crippen LogP contribution in [0.1, 0.15) is 30.1 Å². The fraction of sp³-hybridized carbons (Fsp3) is 0.364. The van der Waals surface area contributed by atoms with Gasteiger partial charge in [0.25, 0.3) is 0 Å². The third kappa shape index (κ3) is 3.73. The average molecular weight is 243 g/mol. The minimum atomic E-state index is -4.38. The highest BCUT2D eigenvalue weighted by Gasteiger charge is 2.30. The summed E-state index contributed by atoms with van der Waals surface area (Å²) in [5.41, 5.74) is 2.13. The fourth-order valence-corrected chi connectivity index (χ4v) is 1.32. The van der Waals surface area contributed by atoms with Crippen LogP contribution < -0.4 is 11.3 Å². The quantitative estimate of drug-likeness (QED) is 0.483. The van der Waals surface area contributed by atoms with Crippen LogP contribution in [0.15, 0.2) is 18.3 Å². The van der Waals surface area contributed by atoms with Gasteiger partial charge in [-0.25, -0.2) is 0 Å². The van der Waals surface area contributed by atoms with Crippen LogP contribution in [0.25, 0.3) is 0 Å². The molecule has 1 atom stereocenters. The number of nitrogens with one attached hydrogen (secondary N) is 1. The number of hydrogen-bond acceptors (Lipinski definition) is 3. The summed E-state index contributed by atoms with van der Waals surface area (Å²) in [6, 6.07) is 1.93. The molecule has 0 saturated carbocycles. The van der Waals surface area contributed by atoms with E-state index in [1.54, 1.807) is 0 Å². The number of rotatable bonds is 4. The van der Waals surface area contributed by atoms with Crippen LogP contribution in [0.5, 0.6) is 0 Å². The molecule has 0 spiro atoms. The third-order valence-electron chi connectivity index (χ3n) is 2.25. The standard InChI is InChI=1S/C11H12F3N3/c1-2-3-4-10(17-15)9-6-5-8(7-16-9)11(12,13)14/h1,5-7,10,17H,3-4,15H2. The molecule has 0 fully saturated rings. The number of aromatic nitrogens is 1. The molecule has 0 aliphatic heterocycles. The molecule has 1 heterocycles. The molecule has 1 aromatic rings. The van der Waals surface area contributed by atoms with Crippen molar-refractivity contribution in [3.63, 3.8) is 0 Å². The molecule has 0 aromatic carbocycles. The highest BCUT2D eigenvalue weighted by molar-refractivity contribution is 5.19. The smallest absolute Gasteiger partial charge is 0.271 e. The Hall–Kier alpha value is -1.58. The minimum absolute atomic E-state index is 0.340. The van der Waals surface area contributed by atoms with Crippen LogP contribution in [0, 0.1) is 12.3 Å². The number of hydrazine groups is 1. The first-order valence-electron chi connectivity index (χ1n) is 4.91. The number of nitrogens with two attached hydrogens (primary N) is 1. The first-order chi connectivity index (χ1) is 7.99. The van der Waals surface area contributed by atoms with E-state index in [-0.39, 0.29) is 6.04 Å². The molecule has 3 nitrogen and oxygen atoms in total. The average Bonchev–Trinajstić information content (AvgIpc) is 2.29. The summed E-state index contributed by atoms with van der Waals surface area (Å²) in [5.74, 6) is 7.72. The van der Waals surface area contributed by atoms with E-state index in [4.69, 9.17) is 12.3 Å². The monoisotopic (exact) mass is 243 g/mol. The zero-order chi connectivity index (χ0) is 12.9. The molecule has 0 aliphatic rings. The van der Waals surface area contributed by atoms with E-state index in [2.05, 4.69) is 16.3 Å². The van der Waals surface area contributed by atoms with Crippen LogP contribution in [-0.4, -0.2) is 4.98 Å². The Morgan fingerprint density at radius 3 is 2.59 bits per heavy atom. The third-order valence-corrected chi connectivity index (χ3v) is 2.25. The van der Waals surface area contributed by atoms with Crippen LogP contribution in [0.4, 0.5) is 13.2 Å². The molecule has 92 valence electrons. The predicted molar refractivity (Wildman–Crippen MR) is 57.4 cm³/mol. The lowest BCUT2D eigenvalue weighted by atomic mass is 10.1. The number of halogens is 3. The molecule has 1 rings (SSSR count). The SMILES string of the molecule is C#CCCC(NN)c1ccc(C(F)(F)F)cn1. The molecule has 6 heteroatoms. The van der Waals surface area contributed by atoms with E-state index >= 15 is 0 Å². The van der Waals surface area contributed by atoms with E-state index in [1.165, 1.54) is 6.07 Å². The molecular weight excluding hydrogens is 231 g/mol. The maximum absolute atomic E-state index is 12.3. The van der Waals surface area contributed by atoms with E-state index in [9.17, 15) is 13.2 Å². The van der Waals surface area contributed by atoms with Crippen molar-refractivity contribution < 1.29 is 13.2 Å². The second-order valence-electron chi connectivity index (χ2n) is 3.43. The summed E-state index contributed by atoms with van der Waals surface area (Å²) in [5, 5.41) is 0. The van der Waals surface area contributed by atoms with Crippen molar-refractivity contribution in [1.82, 2.24) is 10.4 Å². The van der Waals surface area contributed by atoms with Gasteiger partial charge in [-0.1, -0.05) is 0 Å². The molecule has 17 heavy (non-hydrogen) atoms. The summed E-state index contributed by atoms with van der Waals surface area (Å²) in [7, 11) is 0. The normalized spacial score (nSPS) is 13.1. The summed E-state index contributed by atoms with van der Waals surface area (Å²) < 4.78 is 36.9. The highest BCUT2D eigenvalue weighted by Crippen LogP contribution is 2.29. The Morgan fingerprint density at radius 1 is 1.47 bits per heavy atom. The lowest BCUT2D eigenvalue weighted by Gasteiger charge is -2.14. The zero-order valence-corrected chi connectivity index (χ0v) is 8.96. The number of pyridine rings is 1. The van der Waals surface area contributed by atoms with Gasteiger partial charge >= 0.3 is 6.18 Å². The summed E-state index contributed by atoms with van der Waals surface area (Å²) in [6.07, 6.45) is 2.50. The van der Waals surface area contributed by atoms with Gasteiger partial charge in [0.05, 0.1) is 17.3 Å². The van der Waals surface area contributed by atoms with Crippen LogP contribution in [0.3, 0.4) is 0 Å². The van der Waals surface area contributed by atoms with Gasteiger partial charge in [-0.15, -0.1) is 12.3 Å². The second-order valence-corrected chi connectivity index (χ2v) is 3.43. The molecule has 1 unspecified atom stereocenters. The lowest BCUT2D eigenvalue weighted by molar-refractivity contribution is -0.137. The molecule has 0 radical (unpaired) electrons. The van der Waals surface area contributed by atoms with E-state index in [0.717, 1.165) is 12.3 Å². The van der Waals surface area contributed by atoms with Crippen molar-refractivity contribution in [3.05, 3.63) is 29.6 Å². The van der Waals surface area contributed by atoms with Gasteiger partial charge in [0.1, 0.15) is 0 Å². The summed E-state index contributed by atoms with van der Waals surface area (Å²) >= 11 is 0. The van der Waals surface area contributed by atoms with Gasteiger partial charge in [0, 0.05) is 12.6 Å². The van der Waals surface area contributed by atoms with Gasteiger partial charge in [-0.2, -0.15) is 13.2 Å². The van der Waals surface area contributed by atoms with Crippen molar-refractivity contribution in [1.29, 1.82) is 0 Å². The Bertz CT molecular complexity index is 392. The topological polar surface area (TPSA) is 50.9 Å². The minimum Gasteiger partial charge on any atom is -0.271 e.